The van der Waals surface area contributed by atoms with Gasteiger partial charge in [-0.1, -0.05) is 23.7 Å². The molecule has 1 saturated carbocycles. The van der Waals surface area contributed by atoms with Crippen LogP contribution in [0.2, 0.25) is 5.02 Å². The number of nitrogens with one attached hydrogen (secondary N) is 1. The minimum absolute atomic E-state index is 0.245. The van der Waals surface area contributed by atoms with Crippen LogP contribution in [0.5, 0.6) is 0 Å². The lowest BCUT2D eigenvalue weighted by atomic mass is 9.96. The number of rotatable bonds is 5. The van der Waals surface area contributed by atoms with Crippen molar-refractivity contribution in [3.05, 3.63) is 34.9 Å². The van der Waals surface area contributed by atoms with Crippen molar-refractivity contribution >= 4 is 34.2 Å². The van der Waals surface area contributed by atoms with Crippen LogP contribution in [0.3, 0.4) is 0 Å². The highest BCUT2D eigenvalue weighted by Crippen LogP contribution is 2.48. The summed E-state index contributed by atoms with van der Waals surface area (Å²) in [5, 5.41) is 5.09. The molecule has 1 aliphatic rings. The molecule has 20 heavy (non-hydrogen) atoms. The van der Waals surface area contributed by atoms with Crippen LogP contribution in [0.25, 0.3) is 0 Å². The van der Waals surface area contributed by atoms with Crippen molar-refractivity contribution in [2.45, 2.75) is 18.3 Å². The molecule has 1 aliphatic carbocycles. The van der Waals surface area contributed by atoms with E-state index in [1.807, 2.05) is 31.1 Å². The zero-order chi connectivity index (χ0) is 14.2. The lowest BCUT2D eigenvalue weighted by Crippen LogP contribution is -2.19. The molecular formula is C14H17ClN4S. The summed E-state index contributed by atoms with van der Waals surface area (Å²) in [6.07, 6.45) is 2.42. The van der Waals surface area contributed by atoms with Crippen LogP contribution in [0, 0.1) is 0 Å². The van der Waals surface area contributed by atoms with Crippen LogP contribution in [0.15, 0.2) is 24.3 Å². The van der Waals surface area contributed by atoms with Gasteiger partial charge in [-0.25, -0.2) is 0 Å². The topological polar surface area (TPSA) is 41.1 Å². The Bertz CT molecular complexity index is 589. The zero-order valence-corrected chi connectivity index (χ0v) is 13.1. The molecule has 1 aromatic heterocycles. The van der Waals surface area contributed by atoms with Gasteiger partial charge in [-0.3, -0.25) is 0 Å². The first kappa shape index (κ1) is 13.6. The van der Waals surface area contributed by atoms with Crippen LogP contribution in [0.4, 0.5) is 11.1 Å². The number of anilines is 2. The van der Waals surface area contributed by atoms with E-state index in [9.17, 15) is 0 Å². The quantitative estimate of drug-likeness (QED) is 0.919. The molecule has 3 rings (SSSR count). The standard InChI is InChI=1S/C14H17ClN4S/c1-19(2)12-17-13(20-18-12)16-9-14(7-8-14)10-3-5-11(15)6-4-10/h3-6H,7-9H2,1-2H3,(H,16,17,18). The van der Waals surface area contributed by atoms with Gasteiger partial charge < -0.3 is 10.2 Å². The Morgan fingerprint density at radius 2 is 2.00 bits per heavy atom. The summed E-state index contributed by atoms with van der Waals surface area (Å²) in [4.78, 5) is 6.36. The summed E-state index contributed by atoms with van der Waals surface area (Å²) in [7, 11) is 3.89. The lowest BCUT2D eigenvalue weighted by molar-refractivity contribution is 0.732. The second kappa shape index (κ2) is 5.22. The maximum Gasteiger partial charge on any atom is 0.238 e. The Kier molecular flexibility index (Phi) is 3.56. The van der Waals surface area contributed by atoms with Gasteiger partial charge in [0.15, 0.2) is 0 Å². The first-order valence-electron chi connectivity index (χ1n) is 6.60. The normalized spacial score (nSPS) is 15.9. The van der Waals surface area contributed by atoms with Gasteiger partial charge in [-0.2, -0.15) is 9.36 Å². The predicted molar refractivity (Wildman–Crippen MR) is 85.1 cm³/mol. The molecule has 2 aromatic rings. The number of nitrogens with zero attached hydrogens (tertiary/aromatic N) is 3. The summed E-state index contributed by atoms with van der Waals surface area (Å²) < 4.78 is 4.30. The molecular weight excluding hydrogens is 292 g/mol. The zero-order valence-electron chi connectivity index (χ0n) is 11.6. The fourth-order valence-electron chi connectivity index (χ4n) is 2.24. The van der Waals surface area contributed by atoms with Gasteiger partial charge in [0.1, 0.15) is 0 Å². The Morgan fingerprint density at radius 3 is 2.55 bits per heavy atom. The fourth-order valence-corrected chi connectivity index (χ4v) is 2.99. The Balaban J connectivity index is 1.66. The summed E-state index contributed by atoms with van der Waals surface area (Å²) in [6.45, 7) is 0.899. The summed E-state index contributed by atoms with van der Waals surface area (Å²) in [6, 6.07) is 8.18. The Labute approximate surface area is 128 Å². The number of hydrogen-bond donors (Lipinski definition) is 1. The minimum atomic E-state index is 0.245. The number of halogens is 1. The van der Waals surface area contributed by atoms with E-state index in [-0.39, 0.29) is 5.41 Å². The molecule has 6 heteroatoms. The molecule has 0 unspecified atom stereocenters. The molecule has 0 aliphatic heterocycles. The molecule has 1 N–H and O–H groups in total. The summed E-state index contributed by atoms with van der Waals surface area (Å²) in [5.41, 5.74) is 1.60. The van der Waals surface area contributed by atoms with Crippen LogP contribution in [0.1, 0.15) is 18.4 Å². The molecule has 1 heterocycles. The van der Waals surface area contributed by atoms with Gasteiger partial charge in [0.2, 0.25) is 11.1 Å². The monoisotopic (exact) mass is 308 g/mol. The highest BCUT2D eigenvalue weighted by molar-refractivity contribution is 7.09. The molecule has 0 saturated heterocycles. The van der Waals surface area contributed by atoms with Crippen molar-refractivity contribution in [3.8, 4) is 0 Å². The molecule has 0 radical (unpaired) electrons. The molecule has 1 aromatic carbocycles. The van der Waals surface area contributed by atoms with E-state index in [4.69, 9.17) is 11.6 Å². The van der Waals surface area contributed by atoms with E-state index in [2.05, 4.69) is 26.8 Å². The van der Waals surface area contributed by atoms with E-state index in [0.717, 1.165) is 22.6 Å². The van der Waals surface area contributed by atoms with Gasteiger partial charge >= 0.3 is 0 Å². The number of aromatic nitrogens is 2. The van der Waals surface area contributed by atoms with E-state index >= 15 is 0 Å². The first-order chi connectivity index (χ1) is 9.59. The van der Waals surface area contributed by atoms with Gasteiger partial charge in [0.25, 0.3) is 0 Å². The van der Waals surface area contributed by atoms with Crippen molar-refractivity contribution in [2.24, 2.45) is 0 Å². The van der Waals surface area contributed by atoms with Crippen LogP contribution < -0.4 is 10.2 Å². The molecule has 0 bridgehead atoms. The maximum absolute atomic E-state index is 5.95. The SMILES string of the molecule is CN(C)c1nsc(NCC2(c3ccc(Cl)cc3)CC2)n1. The summed E-state index contributed by atoms with van der Waals surface area (Å²) in [5.74, 6) is 0.758. The second-order valence-electron chi connectivity index (χ2n) is 5.43. The lowest BCUT2D eigenvalue weighted by Gasteiger charge is -2.16. The second-order valence-corrected chi connectivity index (χ2v) is 6.62. The Morgan fingerprint density at radius 1 is 1.30 bits per heavy atom. The van der Waals surface area contributed by atoms with Crippen LogP contribution in [-0.4, -0.2) is 30.0 Å². The fraction of sp³-hybridized carbons (Fsp3) is 0.429. The number of benzene rings is 1. The Hall–Kier alpha value is -1.33. The largest absolute Gasteiger partial charge is 0.359 e. The van der Waals surface area contributed by atoms with Crippen molar-refractivity contribution in [1.29, 1.82) is 0 Å². The average molecular weight is 309 g/mol. The highest BCUT2D eigenvalue weighted by Gasteiger charge is 2.44. The smallest absolute Gasteiger partial charge is 0.238 e. The molecule has 4 nitrogen and oxygen atoms in total. The van der Waals surface area contributed by atoms with E-state index in [0.29, 0.717) is 0 Å². The van der Waals surface area contributed by atoms with Crippen molar-refractivity contribution < 1.29 is 0 Å². The van der Waals surface area contributed by atoms with Crippen LogP contribution >= 0.6 is 23.1 Å². The average Bonchev–Trinajstić information content (AvgIpc) is 3.07. The maximum atomic E-state index is 5.95. The molecule has 0 atom stereocenters. The molecule has 0 spiro atoms. The number of hydrogen-bond acceptors (Lipinski definition) is 5. The van der Waals surface area contributed by atoms with E-state index < -0.39 is 0 Å². The minimum Gasteiger partial charge on any atom is -0.359 e. The summed E-state index contributed by atoms with van der Waals surface area (Å²) >= 11 is 7.36. The van der Waals surface area contributed by atoms with E-state index in [1.165, 1.54) is 29.9 Å². The van der Waals surface area contributed by atoms with Gasteiger partial charge in [0.05, 0.1) is 0 Å². The van der Waals surface area contributed by atoms with Gasteiger partial charge in [-0.15, -0.1) is 0 Å². The van der Waals surface area contributed by atoms with E-state index in [1.54, 1.807) is 0 Å². The molecule has 106 valence electrons. The molecule has 1 fully saturated rings. The third-order valence-electron chi connectivity index (χ3n) is 3.70. The first-order valence-corrected chi connectivity index (χ1v) is 7.75. The third kappa shape index (κ3) is 2.74. The van der Waals surface area contributed by atoms with Crippen LogP contribution in [-0.2, 0) is 5.41 Å². The van der Waals surface area contributed by atoms with Crippen molar-refractivity contribution in [1.82, 2.24) is 9.36 Å². The van der Waals surface area contributed by atoms with Crippen molar-refractivity contribution in [3.63, 3.8) is 0 Å². The predicted octanol–water partition coefficient (Wildman–Crippen LogP) is 3.40. The molecule has 0 amide bonds. The third-order valence-corrected chi connectivity index (χ3v) is 4.62. The van der Waals surface area contributed by atoms with Gasteiger partial charge in [0, 0.05) is 42.6 Å². The van der Waals surface area contributed by atoms with Crippen molar-refractivity contribution in [2.75, 3.05) is 30.9 Å². The van der Waals surface area contributed by atoms with Gasteiger partial charge in [-0.05, 0) is 30.5 Å². The highest BCUT2D eigenvalue weighted by atomic mass is 35.5.